The SMILES string of the molecule is CC(C)(CN=O)O[Si](C)(C)C(C)(C)C. The van der Waals surface area contributed by atoms with Crippen molar-refractivity contribution < 1.29 is 4.43 Å². The number of hydrogen-bond donors (Lipinski definition) is 0. The Morgan fingerprint density at radius 3 is 1.86 bits per heavy atom. The van der Waals surface area contributed by atoms with Crippen LogP contribution in [0.4, 0.5) is 0 Å². The van der Waals surface area contributed by atoms with E-state index in [2.05, 4.69) is 39.0 Å². The highest BCUT2D eigenvalue weighted by Gasteiger charge is 2.41. The molecule has 0 saturated heterocycles. The van der Waals surface area contributed by atoms with E-state index in [0.29, 0.717) is 0 Å². The lowest BCUT2D eigenvalue weighted by Crippen LogP contribution is -2.48. The lowest BCUT2D eigenvalue weighted by molar-refractivity contribution is 0.101. The van der Waals surface area contributed by atoms with Crippen LogP contribution in [0.3, 0.4) is 0 Å². The molecule has 0 unspecified atom stereocenters. The molecule has 0 aliphatic rings. The lowest BCUT2D eigenvalue weighted by atomic mass is 10.1. The van der Waals surface area contributed by atoms with E-state index < -0.39 is 13.9 Å². The molecule has 0 aromatic heterocycles. The van der Waals surface area contributed by atoms with E-state index in [1.807, 2.05) is 13.8 Å². The molecule has 3 nitrogen and oxygen atoms in total. The van der Waals surface area contributed by atoms with Crippen LogP contribution in [-0.2, 0) is 4.43 Å². The second kappa shape index (κ2) is 4.11. The van der Waals surface area contributed by atoms with Gasteiger partial charge in [0.05, 0.1) is 5.60 Å². The van der Waals surface area contributed by atoms with E-state index in [1.165, 1.54) is 0 Å². The zero-order valence-electron chi connectivity index (χ0n) is 10.5. The van der Waals surface area contributed by atoms with E-state index in [-0.39, 0.29) is 11.6 Å². The van der Waals surface area contributed by atoms with Gasteiger partial charge in [-0.3, -0.25) is 0 Å². The molecule has 0 rings (SSSR count). The van der Waals surface area contributed by atoms with Gasteiger partial charge in [0.25, 0.3) is 0 Å². The Morgan fingerprint density at radius 1 is 1.14 bits per heavy atom. The Balaban J connectivity index is 4.57. The molecule has 0 radical (unpaired) electrons. The summed E-state index contributed by atoms with van der Waals surface area (Å²) in [6, 6.07) is 0. The van der Waals surface area contributed by atoms with Gasteiger partial charge in [0.15, 0.2) is 8.32 Å². The highest BCUT2D eigenvalue weighted by molar-refractivity contribution is 6.74. The molecule has 0 heterocycles. The maximum atomic E-state index is 10.2. The molecule has 0 aliphatic carbocycles. The summed E-state index contributed by atoms with van der Waals surface area (Å²) in [5.74, 6) is 0. The standard InChI is InChI=1S/C10H23NO2Si/c1-9(2,3)14(6,7)13-10(4,5)8-11-12/h8H2,1-7H3. The fourth-order valence-corrected chi connectivity index (χ4v) is 2.78. The number of nitrogens with zero attached hydrogens (tertiary/aromatic N) is 1. The van der Waals surface area contributed by atoms with Crippen molar-refractivity contribution in [1.82, 2.24) is 0 Å². The largest absolute Gasteiger partial charge is 0.410 e. The van der Waals surface area contributed by atoms with Crippen LogP contribution in [0.5, 0.6) is 0 Å². The van der Waals surface area contributed by atoms with Crippen LogP contribution in [0, 0.1) is 4.91 Å². The fourth-order valence-electron chi connectivity index (χ4n) is 1.03. The summed E-state index contributed by atoms with van der Waals surface area (Å²) in [6.07, 6.45) is 0. The lowest BCUT2D eigenvalue weighted by Gasteiger charge is -2.41. The van der Waals surface area contributed by atoms with Crippen molar-refractivity contribution in [1.29, 1.82) is 0 Å². The van der Waals surface area contributed by atoms with Gasteiger partial charge in [0.2, 0.25) is 0 Å². The normalized spacial score (nSPS) is 14.2. The number of hydrogen-bond acceptors (Lipinski definition) is 3. The smallest absolute Gasteiger partial charge is 0.192 e. The minimum Gasteiger partial charge on any atom is -0.410 e. The van der Waals surface area contributed by atoms with Crippen molar-refractivity contribution in [2.75, 3.05) is 6.54 Å². The Hall–Kier alpha value is -0.223. The third-order valence-corrected chi connectivity index (χ3v) is 7.46. The first-order valence-corrected chi connectivity index (χ1v) is 7.92. The first-order valence-electron chi connectivity index (χ1n) is 5.01. The molecular formula is C10H23NO2Si. The van der Waals surface area contributed by atoms with Crippen LogP contribution in [0.15, 0.2) is 5.18 Å². The van der Waals surface area contributed by atoms with Crippen molar-refractivity contribution in [3.63, 3.8) is 0 Å². The minimum absolute atomic E-state index is 0.174. The molecule has 0 aromatic rings. The molecule has 0 spiro atoms. The second-order valence-corrected chi connectivity index (χ2v) is 10.6. The van der Waals surface area contributed by atoms with Crippen LogP contribution >= 0.6 is 0 Å². The monoisotopic (exact) mass is 217 g/mol. The van der Waals surface area contributed by atoms with Crippen molar-refractivity contribution in [2.45, 2.75) is 58.4 Å². The summed E-state index contributed by atoms with van der Waals surface area (Å²) >= 11 is 0. The number of nitroso groups, excluding NO2 is 1. The molecule has 0 aromatic carbocycles. The zero-order chi connectivity index (χ0) is 11.6. The van der Waals surface area contributed by atoms with E-state index >= 15 is 0 Å². The topological polar surface area (TPSA) is 38.7 Å². The van der Waals surface area contributed by atoms with Gasteiger partial charge in [-0.2, -0.15) is 4.91 Å². The molecule has 4 heteroatoms. The molecule has 84 valence electrons. The van der Waals surface area contributed by atoms with Crippen LogP contribution in [0.1, 0.15) is 34.6 Å². The van der Waals surface area contributed by atoms with Gasteiger partial charge in [-0.1, -0.05) is 25.9 Å². The molecule has 0 atom stereocenters. The van der Waals surface area contributed by atoms with Gasteiger partial charge < -0.3 is 4.43 Å². The summed E-state index contributed by atoms with van der Waals surface area (Å²) < 4.78 is 6.08. The average Bonchev–Trinajstić information content (AvgIpc) is 1.80. The summed E-state index contributed by atoms with van der Waals surface area (Å²) in [6.45, 7) is 15.0. The quantitative estimate of drug-likeness (QED) is 0.533. The predicted octanol–water partition coefficient (Wildman–Crippen LogP) is 3.55. The molecule has 14 heavy (non-hydrogen) atoms. The molecule has 0 amide bonds. The summed E-state index contributed by atoms with van der Waals surface area (Å²) in [4.78, 5) is 10.2. The predicted molar refractivity (Wildman–Crippen MR) is 63.0 cm³/mol. The minimum atomic E-state index is -1.78. The van der Waals surface area contributed by atoms with Crippen molar-refractivity contribution in [2.24, 2.45) is 5.18 Å². The molecule has 0 bridgehead atoms. The van der Waals surface area contributed by atoms with Gasteiger partial charge in [-0.15, -0.1) is 0 Å². The van der Waals surface area contributed by atoms with Gasteiger partial charge in [-0.25, -0.2) is 0 Å². The molecular weight excluding hydrogens is 194 g/mol. The van der Waals surface area contributed by atoms with Gasteiger partial charge in [-0.05, 0) is 32.0 Å². The van der Waals surface area contributed by atoms with E-state index in [0.717, 1.165) is 0 Å². The average molecular weight is 217 g/mol. The highest BCUT2D eigenvalue weighted by Crippen LogP contribution is 2.39. The third-order valence-electron chi connectivity index (χ3n) is 2.78. The Morgan fingerprint density at radius 2 is 1.57 bits per heavy atom. The summed E-state index contributed by atoms with van der Waals surface area (Å²) in [5, 5.41) is 3.09. The van der Waals surface area contributed by atoms with Gasteiger partial charge >= 0.3 is 0 Å². The molecule has 0 aliphatic heterocycles. The Labute approximate surface area is 88.3 Å². The first kappa shape index (κ1) is 13.8. The van der Waals surface area contributed by atoms with E-state index in [9.17, 15) is 4.91 Å². The Bertz CT molecular complexity index is 207. The van der Waals surface area contributed by atoms with Crippen LogP contribution in [0.25, 0.3) is 0 Å². The van der Waals surface area contributed by atoms with Crippen LogP contribution in [-0.4, -0.2) is 20.5 Å². The number of rotatable bonds is 4. The summed E-state index contributed by atoms with van der Waals surface area (Å²) in [7, 11) is -1.78. The van der Waals surface area contributed by atoms with E-state index in [4.69, 9.17) is 4.43 Å². The van der Waals surface area contributed by atoms with Crippen molar-refractivity contribution >= 4 is 8.32 Å². The van der Waals surface area contributed by atoms with Gasteiger partial charge in [0.1, 0.15) is 6.54 Å². The summed E-state index contributed by atoms with van der Waals surface area (Å²) in [5.41, 5.74) is -0.426. The third kappa shape index (κ3) is 3.88. The molecule has 0 fully saturated rings. The second-order valence-electron chi connectivity index (χ2n) is 5.91. The molecule has 0 saturated carbocycles. The Kier molecular flexibility index (Phi) is 4.04. The zero-order valence-corrected chi connectivity index (χ0v) is 11.5. The maximum absolute atomic E-state index is 10.2. The first-order chi connectivity index (χ1) is 6.02. The van der Waals surface area contributed by atoms with Gasteiger partial charge in [0, 0.05) is 0 Å². The van der Waals surface area contributed by atoms with Crippen LogP contribution < -0.4 is 0 Å². The van der Waals surface area contributed by atoms with Crippen molar-refractivity contribution in [3.05, 3.63) is 4.91 Å². The molecule has 0 N–H and O–H groups in total. The fraction of sp³-hybridized carbons (Fsp3) is 1.00. The van der Waals surface area contributed by atoms with E-state index in [1.54, 1.807) is 0 Å². The maximum Gasteiger partial charge on any atom is 0.192 e. The van der Waals surface area contributed by atoms with Crippen molar-refractivity contribution in [3.8, 4) is 0 Å². The highest BCUT2D eigenvalue weighted by atomic mass is 28.4. The van der Waals surface area contributed by atoms with Crippen LogP contribution in [0.2, 0.25) is 18.1 Å².